The van der Waals surface area contributed by atoms with Crippen LogP contribution in [-0.2, 0) is 7.05 Å². The summed E-state index contributed by atoms with van der Waals surface area (Å²) < 4.78 is 6.69. The second kappa shape index (κ2) is 3.92. The molecule has 1 N–H and O–H groups in total. The maximum atomic E-state index is 9.82. The van der Waals surface area contributed by atoms with Gasteiger partial charge in [0.1, 0.15) is 0 Å². The van der Waals surface area contributed by atoms with Crippen molar-refractivity contribution in [3.05, 3.63) is 34.5 Å². The van der Waals surface area contributed by atoms with E-state index in [1.807, 2.05) is 12.1 Å². The Morgan fingerprint density at radius 2 is 2.33 bits per heavy atom. The molecule has 0 spiro atoms. The van der Waals surface area contributed by atoms with Gasteiger partial charge in [0.25, 0.3) is 4.84 Å². The molecule has 6 heteroatoms. The van der Waals surface area contributed by atoms with Gasteiger partial charge in [-0.15, -0.1) is 0 Å². The summed E-state index contributed by atoms with van der Waals surface area (Å²) >= 11 is 4.94. The van der Waals surface area contributed by atoms with Crippen molar-refractivity contribution >= 4 is 35.9 Å². The van der Waals surface area contributed by atoms with Gasteiger partial charge in [-0.2, -0.15) is 0 Å². The molecule has 0 atom stereocenters. The zero-order chi connectivity index (χ0) is 12.7. The minimum Gasteiger partial charge on any atom is -0.492 e. The second-order valence-electron chi connectivity index (χ2n) is 3.85. The van der Waals surface area contributed by atoms with Gasteiger partial charge in [-0.1, -0.05) is 0 Å². The van der Waals surface area contributed by atoms with Gasteiger partial charge >= 0.3 is 0 Å². The van der Waals surface area contributed by atoms with Gasteiger partial charge in [0.2, 0.25) is 5.88 Å². The van der Waals surface area contributed by atoms with E-state index in [0.717, 1.165) is 11.1 Å². The molecule has 3 rings (SSSR count). The van der Waals surface area contributed by atoms with Crippen molar-refractivity contribution in [1.29, 1.82) is 0 Å². The highest BCUT2D eigenvalue weighted by Crippen LogP contribution is 2.32. The number of aromatic hydroxyl groups is 1. The molecule has 1 aliphatic heterocycles. The summed E-state index contributed by atoms with van der Waals surface area (Å²) in [6.07, 6.45) is 5.07. The molecule has 90 valence electrons. The third-order valence-electron chi connectivity index (χ3n) is 2.72. The number of oxazole rings is 1. The van der Waals surface area contributed by atoms with Gasteiger partial charge in [-0.3, -0.25) is 4.57 Å². The first kappa shape index (κ1) is 10.9. The maximum absolute atomic E-state index is 9.82. The Morgan fingerprint density at radius 1 is 1.50 bits per heavy atom. The van der Waals surface area contributed by atoms with Crippen LogP contribution in [0.5, 0.6) is 5.88 Å². The lowest BCUT2D eigenvalue weighted by Crippen LogP contribution is -1.85. The lowest BCUT2D eigenvalue weighted by atomic mass is 10.1. The molecular weight excluding hydrogens is 250 g/mol. The highest BCUT2D eigenvalue weighted by molar-refractivity contribution is 7.71. The van der Waals surface area contributed by atoms with Gasteiger partial charge in [-0.05, 0) is 30.4 Å². The Morgan fingerprint density at radius 3 is 3.06 bits per heavy atom. The van der Waals surface area contributed by atoms with Crippen molar-refractivity contribution in [3.63, 3.8) is 0 Å². The van der Waals surface area contributed by atoms with E-state index in [-0.39, 0.29) is 10.7 Å². The summed E-state index contributed by atoms with van der Waals surface area (Å²) in [7, 11) is 1.64. The van der Waals surface area contributed by atoms with Crippen molar-refractivity contribution in [2.45, 2.75) is 0 Å². The van der Waals surface area contributed by atoms with Crippen LogP contribution in [0.1, 0.15) is 11.3 Å². The summed E-state index contributed by atoms with van der Waals surface area (Å²) in [6.45, 7) is 0. The Hall–Kier alpha value is -2.21. The average Bonchev–Trinajstić information content (AvgIpc) is 2.89. The highest BCUT2D eigenvalue weighted by atomic mass is 32.1. The molecule has 0 fully saturated rings. The minimum atomic E-state index is -0.00163. The van der Waals surface area contributed by atoms with Crippen LogP contribution in [0, 0.1) is 4.84 Å². The van der Waals surface area contributed by atoms with Gasteiger partial charge in [0.05, 0.1) is 0 Å². The zero-order valence-corrected chi connectivity index (χ0v) is 10.3. The van der Waals surface area contributed by atoms with E-state index in [4.69, 9.17) is 16.6 Å². The van der Waals surface area contributed by atoms with E-state index in [9.17, 15) is 5.11 Å². The number of aromatic nitrogens is 2. The van der Waals surface area contributed by atoms with Crippen LogP contribution in [0.3, 0.4) is 0 Å². The average molecular weight is 259 g/mol. The summed E-state index contributed by atoms with van der Waals surface area (Å²) in [4.78, 5) is 8.54. The topological polar surface area (TPSA) is 63.5 Å². The quantitative estimate of drug-likeness (QED) is 0.800. The molecule has 18 heavy (non-hydrogen) atoms. The fraction of sp³-hybridized carbons (Fsp3) is 0.0833. The van der Waals surface area contributed by atoms with Crippen LogP contribution in [-0.4, -0.2) is 20.9 Å². The lowest BCUT2D eigenvalue weighted by Gasteiger charge is -1.97. The lowest BCUT2D eigenvalue weighted by molar-refractivity contribution is 0.428. The fourth-order valence-corrected chi connectivity index (χ4v) is 1.91. The molecule has 0 radical (unpaired) electrons. The molecule has 3 heterocycles. The first-order valence-electron chi connectivity index (χ1n) is 5.27. The molecule has 0 aliphatic carbocycles. The van der Waals surface area contributed by atoms with Crippen molar-refractivity contribution in [3.8, 4) is 5.88 Å². The van der Waals surface area contributed by atoms with E-state index in [2.05, 4.69) is 9.98 Å². The first-order chi connectivity index (χ1) is 8.66. The van der Waals surface area contributed by atoms with Crippen LogP contribution in [0.15, 0.2) is 27.7 Å². The van der Waals surface area contributed by atoms with E-state index in [1.54, 1.807) is 25.5 Å². The Labute approximate surface area is 108 Å². The summed E-state index contributed by atoms with van der Waals surface area (Å²) in [6, 6.07) is 3.75. The standard InChI is InChI=1S/C12H9N3O2S/c1-15-11(16)9(17-12(15)18)5-7-6-14-10-8(7)3-2-4-13-10/h2-6,16H,1H3/b7-5+. The third-order valence-corrected chi connectivity index (χ3v) is 3.08. The molecule has 0 bridgehead atoms. The van der Waals surface area contributed by atoms with Crippen LogP contribution in [0.4, 0.5) is 5.82 Å². The second-order valence-corrected chi connectivity index (χ2v) is 4.20. The first-order valence-corrected chi connectivity index (χ1v) is 5.67. The predicted octanol–water partition coefficient (Wildman–Crippen LogP) is 2.70. The molecular formula is C12H9N3O2S. The van der Waals surface area contributed by atoms with Crippen LogP contribution >= 0.6 is 12.2 Å². The number of hydrogen-bond acceptors (Lipinski definition) is 5. The van der Waals surface area contributed by atoms with Crippen molar-refractivity contribution in [2.75, 3.05) is 0 Å². The Kier molecular flexibility index (Phi) is 2.38. The van der Waals surface area contributed by atoms with Crippen LogP contribution < -0.4 is 0 Å². The number of nitrogens with zero attached hydrogens (tertiary/aromatic N) is 3. The highest BCUT2D eigenvalue weighted by Gasteiger charge is 2.15. The van der Waals surface area contributed by atoms with Crippen molar-refractivity contribution in [2.24, 2.45) is 12.0 Å². The molecule has 0 aromatic carbocycles. The van der Waals surface area contributed by atoms with Crippen molar-refractivity contribution < 1.29 is 9.52 Å². The molecule has 0 saturated carbocycles. The maximum Gasteiger partial charge on any atom is 0.271 e. The summed E-state index contributed by atoms with van der Waals surface area (Å²) in [5, 5.41) is 9.82. The molecule has 2 aromatic heterocycles. The molecule has 0 unspecified atom stereocenters. The predicted molar refractivity (Wildman–Crippen MR) is 70.4 cm³/mol. The van der Waals surface area contributed by atoms with E-state index >= 15 is 0 Å². The normalized spacial score (nSPS) is 15.3. The van der Waals surface area contributed by atoms with Crippen molar-refractivity contribution in [1.82, 2.24) is 9.55 Å². The van der Waals surface area contributed by atoms with Gasteiger partial charge in [0.15, 0.2) is 11.6 Å². The SMILES string of the molecule is Cn1c(O)c(/C=C2\C=Nc3ncccc32)oc1=S. The summed E-state index contributed by atoms with van der Waals surface area (Å²) in [5.74, 6) is 0.983. The van der Waals surface area contributed by atoms with Gasteiger partial charge in [0, 0.05) is 30.6 Å². The van der Waals surface area contributed by atoms with E-state index in [1.165, 1.54) is 4.57 Å². The minimum absolute atomic E-state index is 0.00163. The van der Waals surface area contributed by atoms with Gasteiger partial charge in [-0.25, -0.2) is 9.98 Å². The van der Waals surface area contributed by atoms with E-state index in [0.29, 0.717) is 11.6 Å². The van der Waals surface area contributed by atoms with Crippen LogP contribution in [0.2, 0.25) is 0 Å². The number of rotatable bonds is 1. The van der Waals surface area contributed by atoms with Crippen LogP contribution in [0.25, 0.3) is 11.6 Å². The fourth-order valence-electron chi connectivity index (χ4n) is 1.74. The smallest absolute Gasteiger partial charge is 0.271 e. The number of fused-ring (bicyclic) bond motifs is 1. The van der Waals surface area contributed by atoms with Gasteiger partial charge < -0.3 is 9.52 Å². The molecule has 2 aromatic rings. The molecule has 0 saturated heterocycles. The number of hydrogen-bond donors (Lipinski definition) is 1. The monoisotopic (exact) mass is 259 g/mol. The third kappa shape index (κ3) is 1.58. The Balaban J connectivity index is 2.12. The summed E-state index contributed by atoms with van der Waals surface area (Å²) in [5.41, 5.74) is 1.74. The number of pyridine rings is 1. The molecule has 1 aliphatic rings. The Bertz CT molecular complexity index is 740. The molecule has 0 amide bonds. The number of allylic oxidation sites excluding steroid dienone is 1. The number of aliphatic imine (C=N–C) groups is 1. The van der Waals surface area contributed by atoms with E-state index < -0.39 is 0 Å². The largest absolute Gasteiger partial charge is 0.492 e. The zero-order valence-electron chi connectivity index (χ0n) is 9.49. The molecule has 5 nitrogen and oxygen atoms in total.